The Labute approximate surface area is 113 Å². The van der Waals surface area contributed by atoms with Crippen LogP contribution in [0.15, 0.2) is 0 Å². The van der Waals surface area contributed by atoms with E-state index in [1.165, 1.54) is 0 Å². The summed E-state index contributed by atoms with van der Waals surface area (Å²) in [6.45, 7) is 9.99. The first kappa shape index (κ1) is 17.8. The Balaban J connectivity index is 4.07. The lowest BCUT2D eigenvalue weighted by Crippen LogP contribution is -2.42. The van der Waals surface area contributed by atoms with Crippen molar-refractivity contribution in [3.05, 3.63) is 0 Å². The second kappa shape index (κ2) is 8.86. The maximum absolute atomic E-state index is 10.1. The summed E-state index contributed by atoms with van der Waals surface area (Å²) in [7, 11) is 4.21. The van der Waals surface area contributed by atoms with Gasteiger partial charge in [-0.25, -0.2) is 0 Å². The van der Waals surface area contributed by atoms with Crippen molar-refractivity contribution in [2.24, 2.45) is 5.73 Å². The summed E-state index contributed by atoms with van der Waals surface area (Å²) in [6.07, 6.45) is 2.54. The number of nitrogens with zero attached hydrogens (tertiary/aromatic N) is 2. The van der Waals surface area contributed by atoms with E-state index in [9.17, 15) is 5.11 Å². The Kier molecular flexibility index (Phi) is 8.78. The monoisotopic (exact) mass is 259 g/mol. The first-order valence-electron chi connectivity index (χ1n) is 7.19. The van der Waals surface area contributed by atoms with Gasteiger partial charge in [-0.05, 0) is 53.4 Å². The van der Waals surface area contributed by atoms with Crippen LogP contribution in [0.25, 0.3) is 0 Å². The molecule has 3 N–H and O–H groups in total. The molecule has 0 aromatic heterocycles. The molecule has 18 heavy (non-hydrogen) atoms. The minimum absolute atomic E-state index is 0.364. The highest BCUT2D eigenvalue weighted by molar-refractivity contribution is 4.78. The molecular formula is C14H33N3O. The Hall–Kier alpha value is -0.160. The van der Waals surface area contributed by atoms with Crippen molar-refractivity contribution in [3.8, 4) is 0 Å². The highest BCUT2D eigenvalue weighted by Crippen LogP contribution is 2.16. The van der Waals surface area contributed by atoms with Crippen LogP contribution in [-0.2, 0) is 0 Å². The molecule has 0 aromatic rings. The van der Waals surface area contributed by atoms with E-state index in [1.807, 2.05) is 6.92 Å². The SMILES string of the molecule is CCN(CCCC(O)(CC)CN)C(C)CN(C)C. The topological polar surface area (TPSA) is 52.7 Å². The van der Waals surface area contributed by atoms with E-state index in [2.05, 4.69) is 37.7 Å². The summed E-state index contributed by atoms with van der Waals surface area (Å²) >= 11 is 0. The van der Waals surface area contributed by atoms with Gasteiger partial charge in [0.2, 0.25) is 0 Å². The van der Waals surface area contributed by atoms with E-state index in [0.29, 0.717) is 12.6 Å². The maximum atomic E-state index is 10.1. The molecule has 0 radical (unpaired) electrons. The van der Waals surface area contributed by atoms with Gasteiger partial charge in [-0.3, -0.25) is 4.90 Å². The summed E-state index contributed by atoms with van der Waals surface area (Å²) in [5, 5.41) is 10.1. The second-order valence-electron chi connectivity index (χ2n) is 5.63. The number of nitrogens with two attached hydrogens (primary N) is 1. The molecule has 0 aliphatic carbocycles. The van der Waals surface area contributed by atoms with Crippen LogP contribution < -0.4 is 5.73 Å². The molecule has 2 unspecified atom stereocenters. The first-order chi connectivity index (χ1) is 8.38. The zero-order valence-corrected chi connectivity index (χ0v) is 12.9. The molecule has 0 fully saturated rings. The maximum Gasteiger partial charge on any atom is 0.0767 e. The van der Waals surface area contributed by atoms with Crippen LogP contribution >= 0.6 is 0 Å². The van der Waals surface area contributed by atoms with Crippen LogP contribution in [0.5, 0.6) is 0 Å². The molecule has 0 bridgehead atoms. The lowest BCUT2D eigenvalue weighted by Gasteiger charge is -2.31. The molecule has 0 rings (SSSR count). The predicted octanol–water partition coefficient (Wildman–Crippen LogP) is 1.14. The number of rotatable bonds is 10. The molecule has 0 aliphatic rings. The summed E-state index contributed by atoms with van der Waals surface area (Å²) in [5.41, 5.74) is 4.96. The van der Waals surface area contributed by atoms with Gasteiger partial charge in [-0.1, -0.05) is 13.8 Å². The molecular weight excluding hydrogens is 226 g/mol. The predicted molar refractivity (Wildman–Crippen MR) is 78.8 cm³/mol. The van der Waals surface area contributed by atoms with E-state index in [-0.39, 0.29) is 0 Å². The molecule has 0 heterocycles. The molecule has 0 spiro atoms. The van der Waals surface area contributed by atoms with Gasteiger partial charge in [0.1, 0.15) is 0 Å². The minimum atomic E-state index is -0.663. The molecule has 4 heteroatoms. The Bertz CT molecular complexity index is 205. The van der Waals surface area contributed by atoms with Crippen molar-refractivity contribution in [2.75, 3.05) is 40.3 Å². The highest BCUT2D eigenvalue weighted by Gasteiger charge is 2.22. The van der Waals surface area contributed by atoms with Crippen molar-refractivity contribution < 1.29 is 5.11 Å². The third kappa shape index (κ3) is 6.69. The Morgan fingerprint density at radius 1 is 1.28 bits per heavy atom. The average Bonchev–Trinajstić information content (AvgIpc) is 2.33. The van der Waals surface area contributed by atoms with Crippen molar-refractivity contribution in [1.82, 2.24) is 9.80 Å². The zero-order valence-electron chi connectivity index (χ0n) is 12.9. The van der Waals surface area contributed by atoms with Crippen LogP contribution in [0.4, 0.5) is 0 Å². The van der Waals surface area contributed by atoms with Crippen molar-refractivity contribution in [1.29, 1.82) is 0 Å². The van der Waals surface area contributed by atoms with E-state index in [1.54, 1.807) is 0 Å². The largest absolute Gasteiger partial charge is 0.389 e. The Morgan fingerprint density at radius 2 is 1.89 bits per heavy atom. The normalized spacial score (nSPS) is 17.2. The number of likely N-dealkylation sites (N-methyl/N-ethyl adjacent to an activating group) is 2. The van der Waals surface area contributed by atoms with Gasteiger partial charge < -0.3 is 15.7 Å². The average molecular weight is 259 g/mol. The van der Waals surface area contributed by atoms with Crippen LogP contribution in [-0.4, -0.2) is 66.8 Å². The van der Waals surface area contributed by atoms with Gasteiger partial charge in [0.05, 0.1) is 5.60 Å². The quantitative estimate of drug-likeness (QED) is 0.618. The summed E-state index contributed by atoms with van der Waals surface area (Å²) < 4.78 is 0. The zero-order chi connectivity index (χ0) is 14.2. The van der Waals surface area contributed by atoms with Crippen LogP contribution in [0.2, 0.25) is 0 Å². The molecule has 2 atom stereocenters. The fourth-order valence-electron chi connectivity index (χ4n) is 2.37. The number of hydrogen-bond donors (Lipinski definition) is 2. The number of hydrogen-bond acceptors (Lipinski definition) is 4. The van der Waals surface area contributed by atoms with Gasteiger partial charge in [-0.15, -0.1) is 0 Å². The van der Waals surface area contributed by atoms with E-state index < -0.39 is 5.60 Å². The second-order valence-corrected chi connectivity index (χ2v) is 5.63. The van der Waals surface area contributed by atoms with Gasteiger partial charge >= 0.3 is 0 Å². The summed E-state index contributed by atoms with van der Waals surface area (Å²) in [6, 6.07) is 0.553. The minimum Gasteiger partial charge on any atom is -0.389 e. The number of aliphatic hydroxyl groups is 1. The smallest absolute Gasteiger partial charge is 0.0767 e. The third-order valence-corrected chi connectivity index (χ3v) is 3.78. The molecule has 4 nitrogen and oxygen atoms in total. The standard InChI is InChI=1S/C14H33N3O/c1-6-14(18,12-15)9-8-10-17(7-2)13(3)11-16(4)5/h13,18H,6-12,15H2,1-5H3. The van der Waals surface area contributed by atoms with E-state index in [0.717, 1.165) is 38.9 Å². The van der Waals surface area contributed by atoms with Crippen LogP contribution in [0.3, 0.4) is 0 Å². The fraction of sp³-hybridized carbons (Fsp3) is 1.00. The van der Waals surface area contributed by atoms with Crippen molar-refractivity contribution in [3.63, 3.8) is 0 Å². The highest BCUT2D eigenvalue weighted by atomic mass is 16.3. The van der Waals surface area contributed by atoms with Gasteiger partial charge in [0, 0.05) is 19.1 Å². The third-order valence-electron chi connectivity index (χ3n) is 3.78. The Morgan fingerprint density at radius 3 is 2.28 bits per heavy atom. The van der Waals surface area contributed by atoms with Gasteiger partial charge in [-0.2, -0.15) is 0 Å². The molecule has 110 valence electrons. The van der Waals surface area contributed by atoms with Crippen molar-refractivity contribution >= 4 is 0 Å². The lowest BCUT2D eigenvalue weighted by atomic mass is 9.94. The first-order valence-corrected chi connectivity index (χ1v) is 7.19. The van der Waals surface area contributed by atoms with E-state index in [4.69, 9.17) is 5.73 Å². The molecule has 0 amide bonds. The van der Waals surface area contributed by atoms with Gasteiger partial charge in [0.25, 0.3) is 0 Å². The summed E-state index contributed by atoms with van der Waals surface area (Å²) in [5.74, 6) is 0. The van der Waals surface area contributed by atoms with Gasteiger partial charge in [0.15, 0.2) is 0 Å². The van der Waals surface area contributed by atoms with E-state index >= 15 is 0 Å². The van der Waals surface area contributed by atoms with Crippen molar-refractivity contribution in [2.45, 2.75) is 51.7 Å². The lowest BCUT2D eigenvalue weighted by molar-refractivity contribution is 0.0301. The molecule has 0 saturated heterocycles. The molecule has 0 saturated carbocycles. The van der Waals surface area contributed by atoms with Crippen LogP contribution in [0, 0.1) is 0 Å². The molecule has 0 aliphatic heterocycles. The summed E-state index contributed by atoms with van der Waals surface area (Å²) in [4.78, 5) is 4.68. The molecule has 0 aromatic carbocycles. The van der Waals surface area contributed by atoms with Crippen LogP contribution in [0.1, 0.15) is 40.0 Å². The fourth-order valence-corrected chi connectivity index (χ4v) is 2.37.